The first-order valence-corrected chi connectivity index (χ1v) is 9.77. The number of nitrogens with one attached hydrogen (secondary N) is 1. The molecule has 9 heteroatoms. The van der Waals surface area contributed by atoms with E-state index in [9.17, 15) is 14.9 Å². The van der Waals surface area contributed by atoms with Crippen LogP contribution in [0, 0.1) is 21.4 Å². The van der Waals surface area contributed by atoms with Crippen molar-refractivity contribution < 1.29 is 9.72 Å². The molecule has 0 spiro atoms. The highest BCUT2D eigenvalue weighted by Crippen LogP contribution is 2.30. The summed E-state index contributed by atoms with van der Waals surface area (Å²) in [6, 6.07) is 15.2. The molecular formula is C18H17N5O3S. The molecule has 2 aromatic carbocycles. The molecule has 1 saturated heterocycles. The topological polar surface area (TPSA) is 112 Å². The number of carbonyl (C=O) groups is 1. The van der Waals surface area contributed by atoms with E-state index in [0.717, 1.165) is 0 Å². The third-order valence-corrected chi connectivity index (χ3v) is 5.80. The van der Waals surface area contributed by atoms with Crippen LogP contribution in [0.5, 0.6) is 0 Å². The zero-order chi connectivity index (χ0) is 19.2. The van der Waals surface area contributed by atoms with Gasteiger partial charge >= 0.3 is 6.03 Å². The van der Waals surface area contributed by atoms with E-state index in [1.165, 1.54) is 6.07 Å². The summed E-state index contributed by atoms with van der Waals surface area (Å²) in [5.41, 5.74) is 1.38. The molecule has 3 rings (SSSR count). The van der Waals surface area contributed by atoms with Crippen LogP contribution in [0.1, 0.15) is 5.56 Å². The minimum atomic E-state index is -0.470. The fourth-order valence-electron chi connectivity index (χ4n) is 2.77. The van der Waals surface area contributed by atoms with Crippen molar-refractivity contribution in [1.82, 2.24) is 0 Å². The van der Waals surface area contributed by atoms with Crippen LogP contribution in [0.25, 0.3) is 0 Å². The molecule has 0 saturated carbocycles. The number of amides is 2. The maximum atomic E-state index is 12.0. The molecule has 0 aromatic heterocycles. The summed E-state index contributed by atoms with van der Waals surface area (Å²) in [4.78, 5) is 24.8. The summed E-state index contributed by atoms with van der Waals surface area (Å²) in [7, 11) is -0.417. The Balaban J connectivity index is 1.66. The number of hydrogen-bond acceptors (Lipinski definition) is 5. The lowest BCUT2D eigenvalue weighted by molar-refractivity contribution is -0.384. The van der Waals surface area contributed by atoms with E-state index in [1.54, 1.807) is 24.3 Å². The molecule has 1 heterocycles. The van der Waals surface area contributed by atoms with Gasteiger partial charge in [-0.15, -0.1) is 0 Å². The largest absolute Gasteiger partial charge is 0.364 e. The second-order valence-electron chi connectivity index (χ2n) is 5.82. The smallest absolute Gasteiger partial charge is 0.351 e. The molecule has 1 N–H and O–H groups in total. The molecule has 1 fully saturated rings. The number of carbonyl (C=O) groups excluding carboxylic acids is 1. The lowest BCUT2D eigenvalue weighted by atomic mass is 10.1. The lowest BCUT2D eigenvalue weighted by Gasteiger charge is -2.29. The monoisotopic (exact) mass is 383 g/mol. The summed E-state index contributed by atoms with van der Waals surface area (Å²) >= 11 is 0. The number of urea groups is 1. The molecule has 8 nitrogen and oxygen atoms in total. The van der Waals surface area contributed by atoms with Crippen LogP contribution in [0.2, 0.25) is 0 Å². The van der Waals surface area contributed by atoms with Crippen molar-refractivity contribution in [2.45, 2.75) is 0 Å². The van der Waals surface area contributed by atoms with E-state index in [1.807, 2.05) is 29.2 Å². The van der Waals surface area contributed by atoms with Gasteiger partial charge in [0.15, 0.2) is 0 Å². The van der Waals surface area contributed by atoms with E-state index < -0.39 is 15.6 Å². The van der Waals surface area contributed by atoms with Crippen molar-refractivity contribution in [2.24, 2.45) is 4.36 Å². The first-order chi connectivity index (χ1) is 13.1. The number of hydrogen-bond donors (Lipinski definition) is 1. The van der Waals surface area contributed by atoms with Crippen molar-refractivity contribution in [3.05, 3.63) is 64.2 Å². The molecule has 138 valence electrons. The van der Waals surface area contributed by atoms with E-state index in [0.29, 0.717) is 36.0 Å². The van der Waals surface area contributed by atoms with Gasteiger partial charge in [0.25, 0.3) is 5.69 Å². The maximum Gasteiger partial charge on any atom is 0.351 e. The van der Waals surface area contributed by atoms with Crippen LogP contribution in [0.3, 0.4) is 0 Å². The Kier molecular flexibility index (Phi) is 5.78. The van der Waals surface area contributed by atoms with Crippen molar-refractivity contribution in [2.75, 3.05) is 34.8 Å². The van der Waals surface area contributed by atoms with Crippen LogP contribution < -0.4 is 10.2 Å². The summed E-state index contributed by atoms with van der Waals surface area (Å²) in [6.07, 6.45) is 0. The van der Waals surface area contributed by atoms with E-state index >= 15 is 0 Å². The second-order valence-corrected chi connectivity index (χ2v) is 7.74. The van der Waals surface area contributed by atoms with Gasteiger partial charge in [0, 0.05) is 36.3 Å². The molecule has 0 aliphatic carbocycles. The van der Waals surface area contributed by atoms with Gasteiger partial charge in [0.1, 0.15) is 5.69 Å². The van der Waals surface area contributed by atoms with E-state index in [2.05, 4.69) is 9.68 Å². The number of nitrogens with zero attached hydrogens (tertiary/aromatic N) is 4. The van der Waals surface area contributed by atoms with Crippen molar-refractivity contribution >= 4 is 33.8 Å². The maximum absolute atomic E-state index is 12.0. The molecule has 0 radical (unpaired) electrons. The van der Waals surface area contributed by atoms with Crippen molar-refractivity contribution in [1.29, 1.82) is 5.26 Å². The lowest BCUT2D eigenvalue weighted by Crippen LogP contribution is -2.38. The third-order valence-electron chi connectivity index (χ3n) is 4.07. The van der Waals surface area contributed by atoms with E-state index in [-0.39, 0.29) is 17.3 Å². The third kappa shape index (κ3) is 4.68. The number of rotatable bonds is 3. The van der Waals surface area contributed by atoms with Gasteiger partial charge in [0.05, 0.1) is 16.6 Å². The summed E-state index contributed by atoms with van der Waals surface area (Å²) in [5, 5.41) is 23.0. The van der Waals surface area contributed by atoms with Gasteiger partial charge in [-0.25, -0.2) is 4.79 Å². The SMILES string of the molecule is N#Cc1ccc(N2CCS(=NC(=O)Nc3ccccc3)CC2)c([N+](=O)[O-])c1. The molecule has 2 amide bonds. The molecule has 0 unspecified atom stereocenters. The van der Waals surface area contributed by atoms with Gasteiger partial charge in [-0.2, -0.15) is 9.62 Å². The number of benzene rings is 2. The minimum absolute atomic E-state index is 0.0745. The summed E-state index contributed by atoms with van der Waals surface area (Å²) in [5.74, 6) is 1.30. The van der Waals surface area contributed by atoms with Gasteiger partial charge in [-0.3, -0.25) is 10.1 Å². The van der Waals surface area contributed by atoms with Crippen molar-refractivity contribution in [3.63, 3.8) is 0 Å². The highest BCUT2D eigenvalue weighted by Gasteiger charge is 2.23. The van der Waals surface area contributed by atoms with Crippen LogP contribution in [-0.2, 0) is 10.7 Å². The molecule has 0 bridgehead atoms. The molecule has 1 aliphatic rings. The summed E-state index contributed by atoms with van der Waals surface area (Å²) < 4.78 is 4.22. The number of nitriles is 1. The number of anilines is 2. The van der Waals surface area contributed by atoms with Gasteiger partial charge in [-0.1, -0.05) is 28.9 Å². The minimum Gasteiger partial charge on any atom is -0.364 e. The zero-order valence-corrected chi connectivity index (χ0v) is 15.2. The highest BCUT2D eigenvalue weighted by molar-refractivity contribution is 7.87. The average molecular weight is 383 g/mol. The Bertz CT molecular complexity index is 930. The Labute approximate surface area is 158 Å². The fourth-order valence-corrected chi connectivity index (χ4v) is 4.30. The average Bonchev–Trinajstić information content (AvgIpc) is 2.69. The van der Waals surface area contributed by atoms with Gasteiger partial charge in [-0.05, 0) is 24.3 Å². The van der Waals surface area contributed by atoms with Crippen LogP contribution in [-0.4, -0.2) is 35.5 Å². The first kappa shape index (κ1) is 18.5. The predicted octanol–water partition coefficient (Wildman–Crippen LogP) is 3.32. The van der Waals surface area contributed by atoms with Crippen LogP contribution in [0.4, 0.5) is 21.9 Å². The van der Waals surface area contributed by atoms with Gasteiger partial charge < -0.3 is 10.2 Å². The normalized spacial score (nSPS) is 14.3. The highest BCUT2D eigenvalue weighted by atomic mass is 32.2. The Hall–Kier alpha value is -3.25. The fraction of sp³-hybridized carbons (Fsp3) is 0.222. The molecule has 1 aliphatic heterocycles. The van der Waals surface area contributed by atoms with E-state index in [4.69, 9.17) is 5.26 Å². The molecule has 27 heavy (non-hydrogen) atoms. The zero-order valence-electron chi connectivity index (χ0n) is 14.4. The molecular weight excluding hydrogens is 366 g/mol. The second kappa shape index (κ2) is 8.42. The number of nitro benzene ring substituents is 1. The van der Waals surface area contributed by atoms with Crippen LogP contribution >= 0.6 is 0 Å². The molecule has 2 aromatic rings. The standard InChI is InChI=1S/C18H17N5O3S/c19-13-14-6-7-16(17(12-14)23(25)26)22-8-10-27(11-9-22)21-18(24)20-15-4-2-1-3-5-15/h1-7,12H,8-11H2,(H,20,24). The quantitative estimate of drug-likeness (QED) is 0.645. The first-order valence-electron chi connectivity index (χ1n) is 8.25. The Morgan fingerprint density at radius 2 is 1.93 bits per heavy atom. The van der Waals surface area contributed by atoms with Crippen LogP contribution in [0.15, 0.2) is 52.9 Å². The number of para-hydroxylation sites is 1. The van der Waals surface area contributed by atoms with Crippen molar-refractivity contribution in [3.8, 4) is 6.07 Å². The molecule has 0 atom stereocenters. The Morgan fingerprint density at radius 1 is 1.22 bits per heavy atom. The Morgan fingerprint density at radius 3 is 2.56 bits per heavy atom. The summed E-state index contributed by atoms with van der Waals surface area (Å²) in [6.45, 7) is 1.13. The predicted molar refractivity (Wildman–Crippen MR) is 105 cm³/mol. The number of nitro groups is 1. The van der Waals surface area contributed by atoms with Gasteiger partial charge in [0.2, 0.25) is 0 Å².